The smallest absolute Gasteiger partial charge is 0.0298 e. The fraction of sp³-hybridized carbons (Fsp3) is 0.421. The van der Waals surface area contributed by atoms with Crippen molar-refractivity contribution in [2.24, 2.45) is 5.92 Å². The Morgan fingerprint density at radius 3 is 1.86 bits per heavy atom. The van der Waals surface area contributed by atoms with Gasteiger partial charge >= 0.3 is 0 Å². The number of hydrogen-bond acceptors (Lipinski definition) is 2. The first-order chi connectivity index (χ1) is 10.1. The summed E-state index contributed by atoms with van der Waals surface area (Å²) in [6.45, 7) is 8.93. The summed E-state index contributed by atoms with van der Waals surface area (Å²) in [6, 6.07) is 13.8. The van der Waals surface area contributed by atoms with E-state index in [1.165, 1.54) is 16.7 Å². The fourth-order valence-electron chi connectivity index (χ4n) is 2.63. The lowest BCUT2D eigenvalue weighted by Gasteiger charge is -2.21. The Balaban J connectivity index is 1.98. The van der Waals surface area contributed by atoms with Crippen LogP contribution in [0.15, 0.2) is 48.8 Å². The van der Waals surface area contributed by atoms with Gasteiger partial charge in [-0.2, -0.15) is 0 Å². The van der Waals surface area contributed by atoms with Crippen LogP contribution in [-0.4, -0.2) is 4.98 Å². The first-order valence-electron chi connectivity index (χ1n) is 7.81. The van der Waals surface area contributed by atoms with E-state index in [2.05, 4.69) is 74.4 Å². The molecule has 1 N–H and O–H groups in total. The second-order valence-corrected chi connectivity index (χ2v) is 6.23. The summed E-state index contributed by atoms with van der Waals surface area (Å²) >= 11 is 0. The lowest BCUT2D eigenvalue weighted by molar-refractivity contribution is 0.494. The standard InChI is InChI=1S/C19H26N2/c1-14(2)13-17-5-7-18(8-6-17)15(3)21-16(4)19-9-11-20-12-10-19/h5-12,14-16,21H,13H2,1-4H3/t15?,16-/m1/s1. The zero-order chi connectivity index (χ0) is 15.2. The van der Waals surface area contributed by atoms with Crippen LogP contribution in [0.4, 0.5) is 0 Å². The molecule has 112 valence electrons. The van der Waals surface area contributed by atoms with E-state index in [0.717, 1.165) is 6.42 Å². The number of pyridine rings is 1. The summed E-state index contributed by atoms with van der Waals surface area (Å²) < 4.78 is 0. The van der Waals surface area contributed by atoms with E-state index in [1.54, 1.807) is 0 Å². The quantitative estimate of drug-likeness (QED) is 0.831. The highest BCUT2D eigenvalue weighted by atomic mass is 14.9. The third-order valence-electron chi connectivity index (χ3n) is 3.83. The van der Waals surface area contributed by atoms with E-state index in [-0.39, 0.29) is 0 Å². The van der Waals surface area contributed by atoms with Crippen LogP contribution < -0.4 is 5.32 Å². The Morgan fingerprint density at radius 1 is 0.810 bits per heavy atom. The van der Waals surface area contributed by atoms with Gasteiger partial charge in [0.15, 0.2) is 0 Å². The number of aromatic nitrogens is 1. The molecule has 1 aromatic carbocycles. The highest BCUT2D eigenvalue weighted by Crippen LogP contribution is 2.20. The molecule has 2 nitrogen and oxygen atoms in total. The van der Waals surface area contributed by atoms with Gasteiger partial charge in [-0.1, -0.05) is 38.1 Å². The molecule has 2 atom stereocenters. The van der Waals surface area contributed by atoms with Crippen molar-refractivity contribution in [3.63, 3.8) is 0 Å². The molecule has 0 saturated carbocycles. The molecule has 0 bridgehead atoms. The average Bonchev–Trinajstić information content (AvgIpc) is 2.48. The third kappa shape index (κ3) is 4.68. The van der Waals surface area contributed by atoms with Crippen molar-refractivity contribution in [3.05, 3.63) is 65.5 Å². The van der Waals surface area contributed by atoms with Crippen molar-refractivity contribution in [3.8, 4) is 0 Å². The molecule has 1 aromatic heterocycles. The molecule has 21 heavy (non-hydrogen) atoms. The van der Waals surface area contributed by atoms with Crippen LogP contribution in [0.25, 0.3) is 0 Å². The Labute approximate surface area is 128 Å². The van der Waals surface area contributed by atoms with Gasteiger partial charge in [0, 0.05) is 24.5 Å². The third-order valence-corrected chi connectivity index (χ3v) is 3.83. The molecule has 0 aliphatic heterocycles. The molecule has 0 amide bonds. The molecule has 1 heterocycles. The Kier molecular flexibility index (Phi) is 5.51. The molecule has 1 unspecified atom stereocenters. The van der Waals surface area contributed by atoms with Crippen LogP contribution in [0.5, 0.6) is 0 Å². The number of hydrogen-bond donors (Lipinski definition) is 1. The van der Waals surface area contributed by atoms with Gasteiger partial charge in [0.05, 0.1) is 0 Å². The monoisotopic (exact) mass is 282 g/mol. The molecule has 0 radical (unpaired) electrons. The first-order valence-corrected chi connectivity index (χ1v) is 7.81. The van der Waals surface area contributed by atoms with Crippen molar-refractivity contribution in [2.75, 3.05) is 0 Å². The van der Waals surface area contributed by atoms with Gasteiger partial charge in [0.2, 0.25) is 0 Å². The summed E-state index contributed by atoms with van der Waals surface area (Å²) in [6.07, 6.45) is 4.84. The Morgan fingerprint density at radius 2 is 1.33 bits per heavy atom. The Bertz CT molecular complexity index is 531. The lowest BCUT2D eigenvalue weighted by atomic mass is 9.99. The normalized spacial score (nSPS) is 14.1. The maximum Gasteiger partial charge on any atom is 0.0298 e. The average molecular weight is 282 g/mol. The predicted molar refractivity (Wildman–Crippen MR) is 89.2 cm³/mol. The Hall–Kier alpha value is -1.67. The van der Waals surface area contributed by atoms with Crippen LogP contribution in [0.2, 0.25) is 0 Å². The first kappa shape index (κ1) is 15.7. The van der Waals surface area contributed by atoms with Gasteiger partial charge in [-0.25, -0.2) is 0 Å². The highest BCUT2D eigenvalue weighted by molar-refractivity contribution is 5.25. The van der Waals surface area contributed by atoms with Crippen LogP contribution >= 0.6 is 0 Å². The van der Waals surface area contributed by atoms with E-state index in [9.17, 15) is 0 Å². The summed E-state index contributed by atoms with van der Waals surface area (Å²) in [4.78, 5) is 4.07. The minimum absolute atomic E-state index is 0.318. The number of benzene rings is 1. The van der Waals surface area contributed by atoms with Crippen molar-refractivity contribution in [1.82, 2.24) is 10.3 Å². The van der Waals surface area contributed by atoms with Crippen LogP contribution in [0.3, 0.4) is 0 Å². The van der Waals surface area contributed by atoms with Gasteiger partial charge < -0.3 is 5.32 Å². The number of rotatable bonds is 6. The summed E-state index contributed by atoms with van der Waals surface area (Å²) in [5, 5.41) is 3.64. The summed E-state index contributed by atoms with van der Waals surface area (Å²) in [5.74, 6) is 0.707. The molecule has 0 fully saturated rings. The van der Waals surface area contributed by atoms with Gasteiger partial charge in [-0.3, -0.25) is 4.98 Å². The SMILES string of the molecule is CC(C)Cc1ccc(C(C)N[C@H](C)c2ccncc2)cc1. The second kappa shape index (κ2) is 7.37. The van der Waals surface area contributed by atoms with E-state index in [0.29, 0.717) is 18.0 Å². The van der Waals surface area contributed by atoms with Crippen molar-refractivity contribution >= 4 is 0 Å². The molecule has 0 aliphatic carbocycles. The molecule has 0 aliphatic rings. The number of nitrogens with one attached hydrogen (secondary N) is 1. The minimum Gasteiger partial charge on any atom is -0.304 e. The molecule has 2 aromatic rings. The van der Waals surface area contributed by atoms with Gasteiger partial charge in [-0.05, 0) is 55.0 Å². The zero-order valence-corrected chi connectivity index (χ0v) is 13.5. The second-order valence-electron chi connectivity index (χ2n) is 6.23. The van der Waals surface area contributed by atoms with Crippen molar-refractivity contribution in [1.29, 1.82) is 0 Å². The molecule has 0 saturated heterocycles. The van der Waals surface area contributed by atoms with Gasteiger partial charge in [-0.15, -0.1) is 0 Å². The maximum absolute atomic E-state index is 4.07. The van der Waals surface area contributed by atoms with E-state index in [1.807, 2.05) is 12.4 Å². The molecule has 2 heteroatoms. The lowest BCUT2D eigenvalue weighted by Crippen LogP contribution is -2.22. The van der Waals surface area contributed by atoms with Gasteiger partial charge in [0.25, 0.3) is 0 Å². The molecule has 2 rings (SSSR count). The van der Waals surface area contributed by atoms with E-state index < -0.39 is 0 Å². The fourth-order valence-corrected chi connectivity index (χ4v) is 2.63. The van der Waals surface area contributed by atoms with Crippen LogP contribution in [0.1, 0.15) is 56.5 Å². The highest BCUT2D eigenvalue weighted by Gasteiger charge is 2.11. The van der Waals surface area contributed by atoms with E-state index >= 15 is 0 Å². The van der Waals surface area contributed by atoms with Crippen molar-refractivity contribution in [2.45, 2.75) is 46.2 Å². The largest absolute Gasteiger partial charge is 0.304 e. The minimum atomic E-state index is 0.318. The van der Waals surface area contributed by atoms with Gasteiger partial charge in [0.1, 0.15) is 0 Å². The zero-order valence-electron chi connectivity index (χ0n) is 13.5. The molecular formula is C19H26N2. The maximum atomic E-state index is 4.07. The van der Waals surface area contributed by atoms with E-state index in [4.69, 9.17) is 0 Å². The van der Waals surface area contributed by atoms with Crippen LogP contribution in [0, 0.1) is 5.92 Å². The van der Waals surface area contributed by atoms with Crippen LogP contribution in [-0.2, 0) is 6.42 Å². The molecular weight excluding hydrogens is 256 g/mol. The predicted octanol–water partition coefficient (Wildman–Crippen LogP) is 4.69. The molecule has 0 spiro atoms. The summed E-state index contributed by atoms with van der Waals surface area (Å²) in [7, 11) is 0. The number of nitrogens with zero attached hydrogens (tertiary/aromatic N) is 1. The van der Waals surface area contributed by atoms with Crippen molar-refractivity contribution < 1.29 is 0 Å². The topological polar surface area (TPSA) is 24.9 Å². The summed E-state index contributed by atoms with van der Waals surface area (Å²) in [5.41, 5.74) is 4.03.